The van der Waals surface area contributed by atoms with Crippen LogP contribution < -0.4 is 5.32 Å². The summed E-state index contributed by atoms with van der Waals surface area (Å²) in [4.78, 5) is 11.6. The monoisotopic (exact) mass is 236 g/mol. The summed E-state index contributed by atoms with van der Waals surface area (Å²) < 4.78 is 0. The van der Waals surface area contributed by atoms with Gasteiger partial charge in [0.2, 0.25) is 0 Å². The first kappa shape index (κ1) is 11.3. The van der Waals surface area contributed by atoms with Crippen LogP contribution in [-0.2, 0) is 19.4 Å². The van der Waals surface area contributed by atoms with Gasteiger partial charge in [-0.1, -0.05) is 6.92 Å². The van der Waals surface area contributed by atoms with E-state index in [9.17, 15) is 0 Å². The molecule has 0 saturated carbocycles. The van der Waals surface area contributed by atoms with Crippen LogP contribution in [0.4, 0.5) is 0 Å². The van der Waals surface area contributed by atoms with Gasteiger partial charge in [0.1, 0.15) is 0 Å². The second-order valence-corrected chi connectivity index (χ2v) is 4.53. The molecule has 0 aromatic carbocycles. The van der Waals surface area contributed by atoms with E-state index in [1.165, 1.54) is 10.7 Å². The highest BCUT2D eigenvalue weighted by Gasteiger charge is 1.99. The summed E-state index contributed by atoms with van der Waals surface area (Å²) in [5.74, 6) is 0. The quantitative estimate of drug-likeness (QED) is 0.751. The molecule has 2 aromatic rings. The van der Waals surface area contributed by atoms with Crippen LogP contribution in [-0.4, -0.2) is 21.5 Å². The first-order chi connectivity index (χ1) is 7.88. The fraction of sp³-hybridized carbons (Fsp3) is 0.455. The van der Waals surface area contributed by atoms with Gasteiger partial charge in [0.15, 0.2) is 0 Å². The molecule has 16 heavy (non-hydrogen) atoms. The van der Waals surface area contributed by atoms with Crippen molar-refractivity contribution in [2.45, 2.75) is 26.3 Å². The van der Waals surface area contributed by atoms with Gasteiger partial charge in [0.05, 0.1) is 17.0 Å². The van der Waals surface area contributed by atoms with Crippen molar-refractivity contribution in [3.8, 4) is 0 Å². The summed E-state index contributed by atoms with van der Waals surface area (Å²) in [6.45, 7) is 3.93. The van der Waals surface area contributed by atoms with E-state index >= 15 is 0 Å². The fourth-order valence-electron chi connectivity index (χ4n) is 1.45. The summed E-state index contributed by atoms with van der Waals surface area (Å²) >= 11 is 1.75. The second kappa shape index (κ2) is 5.77. The molecule has 0 bridgehead atoms. The molecule has 0 aliphatic carbocycles. The third kappa shape index (κ3) is 3.15. The fourth-order valence-corrected chi connectivity index (χ4v) is 2.23. The molecule has 0 amide bonds. The summed E-state index contributed by atoms with van der Waals surface area (Å²) in [5, 5.41) is 6.73. The maximum Gasteiger partial charge on any atom is 0.0925 e. The first-order valence-electron chi connectivity index (χ1n) is 5.49. The number of hydrogen-bond acceptors (Lipinski definition) is 4. The molecular formula is C11H16N4S. The molecule has 2 aromatic heterocycles. The van der Waals surface area contributed by atoms with Crippen molar-refractivity contribution in [2.75, 3.05) is 6.54 Å². The number of nitrogens with one attached hydrogen (secondary N) is 2. The molecule has 86 valence electrons. The van der Waals surface area contributed by atoms with E-state index < -0.39 is 0 Å². The van der Waals surface area contributed by atoms with Gasteiger partial charge >= 0.3 is 0 Å². The lowest BCUT2D eigenvalue weighted by Crippen LogP contribution is -2.17. The molecule has 2 rings (SSSR count). The highest BCUT2D eigenvalue weighted by atomic mass is 32.1. The molecule has 0 spiro atoms. The number of nitrogens with zero attached hydrogens (tertiary/aromatic N) is 2. The summed E-state index contributed by atoms with van der Waals surface area (Å²) in [6, 6.07) is 0. The van der Waals surface area contributed by atoms with E-state index in [4.69, 9.17) is 0 Å². The second-order valence-electron chi connectivity index (χ2n) is 3.59. The van der Waals surface area contributed by atoms with Gasteiger partial charge in [-0.25, -0.2) is 9.97 Å². The van der Waals surface area contributed by atoms with Gasteiger partial charge in [-0.2, -0.15) is 0 Å². The molecule has 2 heterocycles. The Morgan fingerprint density at radius 3 is 3.12 bits per heavy atom. The number of aryl methyl sites for hydroxylation is 1. The van der Waals surface area contributed by atoms with Gasteiger partial charge in [-0.05, 0) is 6.42 Å². The average molecular weight is 236 g/mol. The maximum atomic E-state index is 4.52. The van der Waals surface area contributed by atoms with Crippen molar-refractivity contribution >= 4 is 11.3 Å². The van der Waals surface area contributed by atoms with E-state index in [0.717, 1.165) is 31.6 Å². The van der Waals surface area contributed by atoms with E-state index in [1.807, 2.05) is 6.20 Å². The van der Waals surface area contributed by atoms with E-state index in [2.05, 4.69) is 32.6 Å². The van der Waals surface area contributed by atoms with E-state index in [0.29, 0.717) is 0 Å². The molecule has 0 atom stereocenters. The van der Waals surface area contributed by atoms with Crippen molar-refractivity contribution < 1.29 is 0 Å². The molecular weight excluding hydrogens is 220 g/mol. The van der Waals surface area contributed by atoms with Crippen molar-refractivity contribution in [3.63, 3.8) is 0 Å². The van der Waals surface area contributed by atoms with E-state index in [-0.39, 0.29) is 0 Å². The minimum atomic E-state index is 0.838. The predicted molar refractivity (Wildman–Crippen MR) is 65.5 cm³/mol. The number of imidazole rings is 1. The zero-order valence-electron chi connectivity index (χ0n) is 9.36. The third-order valence-corrected chi connectivity index (χ3v) is 3.37. The number of rotatable bonds is 6. The largest absolute Gasteiger partial charge is 0.347 e. The molecule has 2 N–H and O–H groups in total. The topological polar surface area (TPSA) is 53.6 Å². The van der Waals surface area contributed by atoms with Crippen LogP contribution in [0, 0.1) is 0 Å². The Labute approximate surface area is 99.2 Å². The SMILES string of the molecule is CCc1nc(CCNCc2cnc[nH]2)cs1. The van der Waals surface area contributed by atoms with Gasteiger partial charge in [-0.3, -0.25) is 0 Å². The Morgan fingerprint density at radius 1 is 1.50 bits per heavy atom. The van der Waals surface area contributed by atoms with Gasteiger partial charge in [0, 0.05) is 36.8 Å². The first-order valence-corrected chi connectivity index (χ1v) is 6.37. The Morgan fingerprint density at radius 2 is 2.44 bits per heavy atom. The molecule has 0 fully saturated rings. The van der Waals surface area contributed by atoms with Crippen molar-refractivity contribution in [1.82, 2.24) is 20.3 Å². The molecule has 4 nitrogen and oxygen atoms in total. The standard InChI is InChI=1S/C11H16N4S/c1-2-11-15-9(7-16-11)3-4-12-5-10-6-13-8-14-10/h6-8,12H,2-5H2,1H3,(H,13,14). The van der Waals surface area contributed by atoms with Crippen molar-refractivity contribution in [1.29, 1.82) is 0 Å². The minimum absolute atomic E-state index is 0.838. The Hall–Kier alpha value is -1.20. The zero-order chi connectivity index (χ0) is 11.2. The van der Waals surface area contributed by atoms with Crippen LogP contribution in [0.3, 0.4) is 0 Å². The highest BCUT2D eigenvalue weighted by molar-refractivity contribution is 7.09. The Kier molecular flexibility index (Phi) is 4.07. The number of H-pyrrole nitrogens is 1. The average Bonchev–Trinajstić information content (AvgIpc) is 2.95. The predicted octanol–water partition coefficient (Wildman–Crippen LogP) is 1.76. The molecule has 0 unspecified atom stereocenters. The van der Waals surface area contributed by atoms with Gasteiger partial charge in [-0.15, -0.1) is 11.3 Å². The van der Waals surface area contributed by atoms with Crippen molar-refractivity contribution in [2.24, 2.45) is 0 Å². The number of hydrogen-bond donors (Lipinski definition) is 2. The zero-order valence-corrected chi connectivity index (χ0v) is 10.2. The van der Waals surface area contributed by atoms with E-state index in [1.54, 1.807) is 17.7 Å². The molecule has 0 radical (unpaired) electrons. The van der Waals surface area contributed by atoms with Crippen LogP contribution in [0.5, 0.6) is 0 Å². The van der Waals surface area contributed by atoms with Crippen molar-refractivity contribution in [3.05, 3.63) is 34.3 Å². The summed E-state index contributed by atoms with van der Waals surface area (Å²) in [6.07, 6.45) is 5.56. The number of aromatic amines is 1. The maximum absolute atomic E-state index is 4.52. The molecule has 0 saturated heterocycles. The molecule has 5 heteroatoms. The lowest BCUT2D eigenvalue weighted by Gasteiger charge is -2.00. The van der Waals surface area contributed by atoms with Crippen LogP contribution in [0.15, 0.2) is 17.9 Å². The normalized spacial score (nSPS) is 10.8. The lowest BCUT2D eigenvalue weighted by atomic mass is 10.3. The third-order valence-electron chi connectivity index (χ3n) is 2.33. The van der Waals surface area contributed by atoms with Gasteiger partial charge < -0.3 is 10.3 Å². The van der Waals surface area contributed by atoms with Gasteiger partial charge in [0.25, 0.3) is 0 Å². The molecule has 0 aliphatic heterocycles. The smallest absolute Gasteiger partial charge is 0.0925 e. The van der Waals surface area contributed by atoms with Crippen LogP contribution >= 0.6 is 11.3 Å². The lowest BCUT2D eigenvalue weighted by molar-refractivity contribution is 0.671. The van der Waals surface area contributed by atoms with Crippen LogP contribution in [0.2, 0.25) is 0 Å². The van der Waals surface area contributed by atoms with Crippen LogP contribution in [0.1, 0.15) is 23.3 Å². The highest BCUT2D eigenvalue weighted by Crippen LogP contribution is 2.10. The Balaban J connectivity index is 1.68. The molecule has 0 aliphatic rings. The summed E-state index contributed by atoms with van der Waals surface area (Å²) in [7, 11) is 0. The number of aromatic nitrogens is 3. The summed E-state index contributed by atoms with van der Waals surface area (Å²) in [5.41, 5.74) is 2.31. The van der Waals surface area contributed by atoms with Crippen LogP contribution in [0.25, 0.3) is 0 Å². The minimum Gasteiger partial charge on any atom is -0.347 e. The number of thiazole rings is 1. The Bertz CT molecular complexity index is 407.